The summed E-state index contributed by atoms with van der Waals surface area (Å²) in [5.74, 6) is -0.391. The molecule has 0 aromatic heterocycles. The van der Waals surface area contributed by atoms with E-state index in [1.807, 2.05) is 6.07 Å². The Morgan fingerprint density at radius 3 is 2.76 bits per heavy atom. The quantitative estimate of drug-likeness (QED) is 0.601. The third-order valence-corrected chi connectivity index (χ3v) is 4.67. The molecule has 5 heteroatoms. The van der Waals surface area contributed by atoms with Crippen LogP contribution in [0.5, 0.6) is 0 Å². The molecule has 1 aliphatic carbocycles. The normalized spacial score (nSPS) is 17.8. The first-order chi connectivity index (χ1) is 12.0. The molecular formula is C20H30N2O3. The fourth-order valence-electron chi connectivity index (χ4n) is 3.45. The van der Waals surface area contributed by atoms with Crippen molar-refractivity contribution in [2.45, 2.75) is 64.5 Å². The number of benzene rings is 1. The smallest absolute Gasteiger partial charge is 0.303 e. The van der Waals surface area contributed by atoms with Crippen molar-refractivity contribution >= 4 is 11.9 Å². The Kier molecular flexibility index (Phi) is 7.44. The highest BCUT2D eigenvalue weighted by Gasteiger charge is 2.25. The van der Waals surface area contributed by atoms with Gasteiger partial charge in [-0.1, -0.05) is 38.1 Å². The van der Waals surface area contributed by atoms with E-state index in [-0.39, 0.29) is 24.4 Å². The predicted octanol–water partition coefficient (Wildman–Crippen LogP) is 3.05. The number of amides is 1. The van der Waals surface area contributed by atoms with Crippen LogP contribution in [0.25, 0.3) is 0 Å². The van der Waals surface area contributed by atoms with Gasteiger partial charge in [-0.05, 0) is 55.7 Å². The summed E-state index contributed by atoms with van der Waals surface area (Å²) in [6.45, 7) is 4.72. The van der Waals surface area contributed by atoms with E-state index >= 15 is 0 Å². The van der Waals surface area contributed by atoms with Crippen molar-refractivity contribution in [3.05, 3.63) is 35.4 Å². The van der Waals surface area contributed by atoms with E-state index in [0.717, 1.165) is 25.7 Å². The van der Waals surface area contributed by atoms with Gasteiger partial charge >= 0.3 is 5.97 Å². The van der Waals surface area contributed by atoms with E-state index in [2.05, 4.69) is 42.7 Å². The molecule has 5 nitrogen and oxygen atoms in total. The lowest BCUT2D eigenvalue weighted by Crippen LogP contribution is -2.46. The van der Waals surface area contributed by atoms with Crippen LogP contribution in [0.2, 0.25) is 0 Å². The maximum Gasteiger partial charge on any atom is 0.303 e. The molecule has 2 rings (SSSR count). The highest BCUT2D eigenvalue weighted by atomic mass is 16.4. The van der Waals surface area contributed by atoms with Gasteiger partial charge in [0.1, 0.15) is 0 Å². The van der Waals surface area contributed by atoms with Crippen LogP contribution in [-0.2, 0) is 16.0 Å². The highest BCUT2D eigenvalue weighted by molar-refractivity contribution is 5.82. The van der Waals surface area contributed by atoms with E-state index in [1.54, 1.807) is 0 Å². The molecule has 0 spiro atoms. The van der Waals surface area contributed by atoms with Gasteiger partial charge in [0.15, 0.2) is 0 Å². The summed E-state index contributed by atoms with van der Waals surface area (Å²) in [6, 6.07) is 8.13. The standard InChI is InChI=1S/C20H30N2O3/c1-14(2)13-18(21-12-6-11-19(23)24)20(25)22-17-10-5-8-15-7-3-4-9-16(15)17/h3-4,7,9,14,17-18,21H,5-6,8,10-13H2,1-2H3,(H,22,25)(H,23,24)/t17?,18-/m0/s1. The lowest BCUT2D eigenvalue weighted by molar-refractivity contribution is -0.137. The third-order valence-electron chi connectivity index (χ3n) is 4.67. The first kappa shape index (κ1) is 19.4. The number of aryl methyl sites for hydroxylation is 1. The molecule has 1 aliphatic rings. The van der Waals surface area contributed by atoms with Gasteiger partial charge in [0, 0.05) is 6.42 Å². The highest BCUT2D eigenvalue weighted by Crippen LogP contribution is 2.29. The van der Waals surface area contributed by atoms with Crippen LogP contribution in [0.4, 0.5) is 0 Å². The lowest BCUT2D eigenvalue weighted by atomic mass is 9.87. The molecule has 0 aliphatic heterocycles. The summed E-state index contributed by atoms with van der Waals surface area (Å²) in [4.78, 5) is 23.4. The number of hydrogen-bond acceptors (Lipinski definition) is 3. The van der Waals surface area contributed by atoms with E-state index in [1.165, 1.54) is 11.1 Å². The van der Waals surface area contributed by atoms with Crippen molar-refractivity contribution in [3.8, 4) is 0 Å². The molecule has 1 aromatic rings. The van der Waals surface area contributed by atoms with Gasteiger partial charge in [-0.2, -0.15) is 0 Å². The number of carboxylic acid groups (broad SMARTS) is 1. The molecule has 0 bridgehead atoms. The Morgan fingerprint density at radius 2 is 2.04 bits per heavy atom. The molecule has 1 unspecified atom stereocenters. The van der Waals surface area contributed by atoms with Crippen LogP contribution in [-0.4, -0.2) is 29.6 Å². The Morgan fingerprint density at radius 1 is 1.28 bits per heavy atom. The fourth-order valence-corrected chi connectivity index (χ4v) is 3.45. The maximum absolute atomic E-state index is 12.8. The molecule has 0 fully saturated rings. The van der Waals surface area contributed by atoms with Crippen LogP contribution in [0.15, 0.2) is 24.3 Å². The van der Waals surface area contributed by atoms with Crippen LogP contribution >= 0.6 is 0 Å². The van der Waals surface area contributed by atoms with Crippen molar-refractivity contribution in [2.24, 2.45) is 5.92 Å². The molecule has 0 radical (unpaired) electrons. The molecule has 2 atom stereocenters. The van der Waals surface area contributed by atoms with Crippen molar-refractivity contribution < 1.29 is 14.7 Å². The summed E-state index contributed by atoms with van der Waals surface area (Å²) >= 11 is 0. The van der Waals surface area contributed by atoms with E-state index in [4.69, 9.17) is 5.11 Å². The SMILES string of the molecule is CC(C)C[C@H](NCCCC(=O)O)C(=O)NC1CCCc2ccccc21. The van der Waals surface area contributed by atoms with E-state index in [0.29, 0.717) is 18.9 Å². The van der Waals surface area contributed by atoms with Gasteiger partial charge in [0.2, 0.25) is 5.91 Å². The molecule has 25 heavy (non-hydrogen) atoms. The molecular weight excluding hydrogens is 316 g/mol. The first-order valence-electron chi connectivity index (χ1n) is 9.30. The average Bonchev–Trinajstić information content (AvgIpc) is 2.57. The summed E-state index contributed by atoms with van der Waals surface area (Å²) < 4.78 is 0. The largest absolute Gasteiger partial charge is 0.481 e. The van der Waals surface area contributed by atoms with Gasteiger partial charge < -0.3 is 15.7 Å². The van der Waals surface area contributed by atoms with Gasteiger partial charge in [-0.25, -0.2) is 0 Å². The van der Waals surface area contributed by atoms with Crippen LogP contribution in [0.3, 0.4) is 0 Å². The van der Waals surface area contributed by atoms with Crippen molar-refractivity contribution in [2.75, 3.05) is 6.54 Å². The maximum atomic E-state index is 12.8. The summed E-state index contributed by atoms with van der Waals surface area (Å²) in [7, 11) is 0. The molecule has 1 aromatic carbocycles. The topological polar surface area (TPSA) is 78.4 Å². The molecule has 0 saturated heterocycles. The Balaban J connectivity index is 1.96. The number of rotatable bonds is 9. The number of carboxylic acids is 1. The minimum Gasteiger partial charge on any atom is -0.481 e. The fraction of sp³-hybridized carbons (Fsp3) is 0.600. The Labute approximate surface area is 150 Å². The zero-order chi connectivity index (χ0) is 18.2. The minimum absolute atomic E-state index is 0.0192. The minimum atomic E-state index is -0.800. The Hall–Kier alpha value is -1.88. The van der Waals surface area contributed by atoms with Gasteiger partial charge in [-0.3, -0.25) is 9.59 Å². The van der Waals surface area contributed by atoms with E-state index in [9.17, 15) is 9.59 Å². The zero-order valence-electron chi connectivity index (χ0n) is 15.3. The Bertz CT molecular complexity index is 586. The van der Waals surface area contributed by atoms with Crippen molar-refractivity contribution in [1.82, 2.24) is 10.6 Å². The summed E-state index contributed by atoms with van der Waals surface area (Å²) in [5.41, 5.74) is 2.56. The molecule has 0 heterocycles. The van der Waals surface area contributed by atoms with Gasteiger partial charge in [0.05, 0.1) is 12.1 Å². The van der Waals surface area contributed by atoms with Crippen LogP contribution in [0.1, 0.15) is 63.1 Å². The van der Waals surface area contributed by atoms with Gasteiger partial charge in [0.25, 0.3) is 0 Å². The summed E-state index contributed by atoms with van der Waals surface area (Å²) in [5, 5.41) is 15.2. The second-order valence-corrected chi connectivity index (χ2v) is 7.29. The number of carbonyl (C=O) groups is 2. The molecule has 1 amide bonds. The number of hydrogen-bond donors (Lipinski definition) is 3. The predicted molar refractivity (Wildman–Crippen MR) is 98.4 cm³/mol. The molecule has 3 N–H and O–H groups in total. The summed E-state index contributed by atoms with van der Waals surface area (Å²) in [6.07, 6.45) is 4.53. The van der Waals surface area contributed by atoms with Crippen molar-refractivity contribution in [1.29, 1.82) is 0 Å². The second-order valence-electron chi connectivity index (χ2n) is 7.29. The van der Waals surface area contributed by atoms with Crippen LogP contribution in [0, 0.1) is 5.92 Å². The van der Waals surface area contributed by atoms with Crippen molar-refractivity contribution in [3.63, 3.8) is 0 Å². The average molecular weight is 346 g/mol. The van der Waals surface area contributed by atoms with Gasteiger partial charge in [-0.15, -0.1) is 0 Å². The second kappa shape index (κ2) is 9.56. The monoisotopic (exact) mass is 346 g/mol. The molecule has 0 saturated carbocycles. The zero-order valence-corrected chi connectivity index (χ0v) is 15.3. The number of aliphatic carboxylic acids is 1. The number of fused-ring (bicyclic) bond motifs is 1. The number of nitrogens with one attached hydrogen (secondary N) is 2. The lowest BCUT2D eigenvalue weighted by Gasteiger charge is -2.29. The van der Waals surface area contributed by atoms with Crippen LogP contribution < -0.4 is 10.6 Å². The number of carbonyl (C=O) groups excluding carboxylic acids is 1. The van der Waals surface area contributed by atoms with E-state index < -0.39 is 5.97 Å². The first-order valence-corrected chi connectivity index (χ1v) is 9.30. The molecule has 138 valence electrons. The third kappa shape index (κ3) is 6.16.